The van der Waals surface area contributed by atoms with E-state index in [4.69, 9.17) is 4.74 Å². The molecule has 0 bridgehead atoms. The van der Waals surface area contributed by atoms with Crippen molar-refractivity contribution >= 4 is 34.7 Å². The van der Waals surface area contributed by atoms with Crippen LogP contribution in [0.5, 0.6) is 0 Å². The molecule has 0 atom stereocenters. The highest BCUT2D eigenvalue weighted by Gasteiger charge is 2.16. The Bertz CT molecular complexity index is 972. The fourth-order valence-corrected chi connectivity index (χ4v) is 2.52. The second-order valence-corrected chi connectivity index (χ2v) is 5.93. The number of nitrogens with zero attached hydrogens (tertiary/aromatic N) is 4. The molecule has 0 radical (unpaired) electrons. The van der Waals surface area contributed by atoms with Gasteiger partial charge in [0.15, 0.2) is 0 Å². The van der Waals surface area contributed by atoms with Crippen molar-refractivity contribution in [1.82, 2.24) is 0 Å². The second-order valence-electron chi connectivity index (χ2n) is 5.93. The van der Waals surface area contributed by atoms with Gasteiger partial charge in [0.1, 0.15) is 12.3 Å². The van der Waals surface area contributed by atoms with Gasteiger partial charge < -0.3 is 14.7 Å². The van der Waals surface area contributed by atoms with Crippen LogP contribution in [0.3, 0.4) is 0 Å². The quantitative estimate of drug-likeness (QED) is 0.202. The SMILES string of the molecule is C=CC(=O)OCCN(CC)c1ccc(/N=N/c2ccc([N+](=O)[O-])cc2C(=O)O)cc1. The van der Waals surface area contributed by atoms with Gasteiger partial charge in [0.25, 0.3) is 5.69 Å². The van der Waals surface area contributed by atoms with Gasteiger partial charge in [0, 0.05) is 30.4 Å². The van der Waals surface area contributed by atoms with E-state index in [1.807, 2.05) is 11.8 Å². The topological polar surface area (TPSA) is 135 Å². The summed E-state index contributed by atoms with van der Waals surface area (Å²) in [6, 6.07) is 10.4. The minimum absolute atomic E-state index is 0.0106. The first-order valence-electron chi connectivity index (χ1n) is 8.93. The number of carboxylic acids is 1. The Morgan fingerprint density at radius 3 is 2.50 bits per heavy atom. The predicted octanol–water partition coefficient (Wildman–Crippen LogP) is 4.26. The van der Waals surface area contributed by atoms with Gasteiger partial charge in [0.2, 0.25) is 0 Å². The number of rotatable bonds is 10. The summed E-state index contributed by atoms with van der Waals surface area (Å²) in [7, 11) is 0. The van der Waals surface area contributed by atoms with Crippen molar-refractivity contribution in [2.45, 2.75) is 6.92 Å². The highest BCUT2D eigenvalue weighted by atomic mass is 16.6. The number of benzene rings is 2. The Labute approximate surface area is 172 Å². The van der Waals surface area contributed by atoms with E-state index in [1.54, 1.807) is 24.3 Å². The molecular weight excluding hydrogens is 392 g/mol. The van der Waals surface area contributed by atoms with Crippen LogP contribution >= 0.6 is 0 Å². The first kappa shape index (κ1) is 22.2. The minimum Gasteiger partial charge on any atom is -0.478 e. The Balaban J connectivity index is 2.12. The lowest BCUT2D eigenvalue weighted by Gasteiger charge is -2.22. The van der Waals surface area contributed by atoms with Crippen molar-refractivity contribution in [2.24, 2.45) is 10.2 Å². The summed E-state index contributed by atoms with van der Waals surface area (Å²) in [5.41, 5.74) is 0.719. The Morgan fingerprint density at radius 1 is 1.23 bits per heavy atom. The molecule has 10 heteroatoms. The maximum Gasteiger partial charge on any atom is 0.338 e. The van der Waals surface area contributed by atoms with E-state index in [2.05, 4.69) is 16.8 Å². The number of likely N-dealkylation sites (N-methyl/N-ethyl adjacent to an activating group) is 1. The van der Waals surface area contributed by atoms with E-state index < -0.39 is 16.9 Å². The van der Waals surface area contributed by atoms with Gasteiger partial charge in [-0.1, -0.05) is 6.58 Å². The highest BCUT2D eigenvalue weighted by Crippen LogP contribution is 2.27. The van der Waals surface area contributed by atoms with Gasteiger partial charge in [-0.3, -0.25) is 10.1 Å². The third kappa shape index (κ3) is 5.96. The predicted molar refractivity (Wildman–Crippen MR) is 110 cm³/mol. The van der Waals surface area contributed by atoms with Crippen LogP contribution in [0, 0.1) is 10.1 Å². The maximum atomic E-state index is 11.3. The lowest BCUT2D eigenvalue weighted by atomic mass is 10.1. The van der Waals surface area contributed by atoms with E-state index in [0.717, 1.165) is 17.8 Å². The van der Waals surface area contributed by atoms with Gasteiger partial charge in [-0.2, -0.15) is 5.11 Å². The molecule has 2 aromatic carbocycles. The molecule has 10 nitrogen and oxygen atoms in total. The number of esters is 1. The Hall–Kier alpha value is -4.08. The molecule has 2 aromatic rings. The zero-order valence-corrected chi connectivity index (χ0v) is 16.2. The summed E-state index contributed by atoms with van der Waals surface area (Å²) in [5, 5.41) is 28.0. The second kappa shape index (κ2) is 10.5. The number of nitro groups is 1. The summed E-state index contributed by atoms with van der Waals surface area (Å²) < 4.78 is 4.99. The number of ether oxygens (including phenoxy) is 1. The number of azo groups is 1. The molecule has 0 aliphatic carbocycles. The summed E-state index contributed by atoms with van der Waals surface area (Å²) in [4.78, 5) is 34.6. The molecule has 0 aliphatic heterocycles. The molecule has 0 amide bonds. The van der Waals surface area contributed by atoms with Crippen LogP contribution < -0.4 is 4.90 Å². The van der Waals surface area contributed by atoms with Crippen LogP contribution in [-0.4, -0.2) is 41.7 Å². The van der Waals surface area contributed by atoms with E-state index in [0.29, 0.717) is 18.8 Å². The molecular formula is C20H20N4O6. The molecule has 0 unspecified atom stereocenters. The van der Waals surface area contributed by atoms with Crippen LogP contribution in [-0.2, 0) is 9.53 Å². The summed E-state index contributed by atoms with van der Waals surface area (Å²) >= 11 is 0. The van der Waals surface area contributed by atoms with E-state index in [9.17, 15) is 24.8 Å². The maximum absolute atomic E-state index is 11.3. The number of carbonyl (C=O) groups excluding carboxylic acids is 1. The summed E-state index contributed by atoms with van der Waals surface area (Å²) in [6.07, 6.45) is 1.11. The number of hydrogen-bond acceptors (Lipinski definition) is 8. The molecule has 156 valence electrons. The van der Waals surface area contributed by atoms with Crippen molar-refractivity contribution in [3.63, 3.8) is 0 Å². The lowest BCUT2D eigenvalue weighted by molar-refractivity contribution is -0.384. The van der Waals surface area contributed by atoms with Gasteiger partial charge in [0.05, 0.1) is 22.7 Å². The average Bonchev–Trinajstić information content (AvgIpc) is 2.75. The number of carbonyl (C=O) groups is 2. The smallest absolute Gasteiger partial charge is 0.338 e. The van der Waals surface area contributed by atoms with E-state index >= 15 is 0 Å². The van der Waals surface area contributed by atoms with Crippen LogP contribution in [0.2, 0.25) is 0 Å². The van der Waals surface area contributed by atoms with Crippen molar-refractivity contribution in [1.29, 1.82) is 0 Å². The molecule has 0 aliphatic rings. The number of carboxylic acid groups (broad SMARTS) is 1. The molecule has 0 saturated carbocycles. The van der Waals surface area contributed by atoms with Gasteiger partial charge in [-0.05, 0) is 37.3 Å². The fourth-order valence-electron chi connectivity index (χ4n) is 2.52. The van der Waals surface area contributed by atoms with Crippen LogP contribution in [0.25, 0.3) is 0 Å². The normalized spacial score (nSPS) is 10.6. The fraction of sp³-hybridized carbons (Fsp3) is 0.200. The largest absolute Gasteiger partial charge is 0.478 e. The van der Waals surface area contributed by atoms with Crippen molar-refractivity contribution in [3.8, 4) is 0 Å². The molecule has 1 N–H and O–H groups in total. The molecule has 0 spiro atoms. The highest BCUT2D eigenvalue weighted by molar-refractivity contribution is 5.94. The Morgan fingerprint density at radius 2 is 1.93 bits per heavy atom. The minimum atomic E-state index is -1.33. The number of anilines is 1. The third-order valence-corrected chi connectivity index (χ3v) is 4.06. The summed E-state index contributed by atoms with van der Waals surface area (Å²) in [6.45, 7) is 6.72. The molecule has 0 fully saturated rings. The first-order valence-corrected chi connectivity index (χ1v) is 8.93. The molecule has 30 heavy (non-hydrogen) atoms. The average molecular weight is 412 g/mol. The lowest BCUT2D eigenvalue weighted by Crippen LogP contribution is -2.27. The van der Waals surface area contributed by atoms with Crippen molar-refractivity contribution < 1.29 is 24.4 Å². The first-order chi connectivity index (χ1) is 14.3. The van der Waals surface area contributed by atoms with Crippen LogP contribution in [0.1, 0.15) is 17.3 Å². The summed E-state index contributed by atoms with van der Waals surface area (Å²) in [5.74, 6) is -1.81. The van der Waals surface area contributed by atoms with Crippen molar-refractivity contribution in [2.75, 3.05) is 24.6 Å². The zero-order valence-electron chi connectivity index (χ0n) is 16.2. The number of nitro benzene ring substituents is 1. The van der Waals surface area contributed by atoms with Crippen LogP contribution in [0.15, 0.2) is 65.3 Å². The van der Waals surface area contributed by atoms with E-state index in [1.165, 1.54) is 12.1 Å². The molecule has 0 aromatic heterocycles. The third-order valence-electron chi connectivity index (χ3n) is 4.06. The standard InChI is InChI=1S/C20H20N4O6/c1-3-19(25)30-12-11-23(4-2)15-7-5-14(6-8-15)21-22-18-10-9-16(24(28)29)13-17(18)20(26)27/h3,5-10,13H,1,4,11-12H2,2H3,(H,26,27)/b22-21+. The number of non-ortho nitro benzene ring substituents is 1. The van der Waals surface area contributed by atoms with Crippen LogP contribution in [0.4, 0.5) is 22.7 Å². The van der Waals surface area contributed by atoms with Gasteiger partial charge >= 0.3 is 11.9 Å². The number of aromatic carboxylic acids is 1. The van der Waals surface area contributed by atoms with Gasteiger partial charge in [-0.15, -0.1) is 5.11 Å². The molecule has 0 saturated heterocycles. The monoisotopic (exact) mass is 412 g/mol. The molecule has 0 heterocycles. The van der Waals surface area contributed by atoms with Gasteiger partial charge in [-0.25, -0.2) is 9.59 Å². The van der Waals surface area contributed by atoms with Crippen molar-refractivity contribution in [3.05, 3.63) is 70.8 Å². The van der Waals surface area contributed by atoms with E-state index in [-0.39, 0.29) is 23.5 Å². The Kier molecular flexibility index (Phi) is 7.74. The zero-order chi connectivity index (χ0) is 22.1. The molecule has 2 rings (SSSR count). The number of hydrogen-bond donors (Lipinski definition) is 1.